The molecule has 1 unspecified atom stereocenters. The topological polar surface area (TPSA) is 38.1 Å². The predicted molar refractivity (Wildman–Crippen MR) is 69.0 cm³/mol. The number of benzene rings is 1. The van der Waals surface area contributed by atoms with Gasteiger partial charge in [-0.25, -0.2) is 9.37 Å². The van der Waals surface area contributed by atoms with Crippen LogP contribution in [0, 0.1) is 5.82 Å². The van der Waals surface area contributed by atoms with Gasteiger partial charge in [-0.3, -0.25) is 0 Å². The second-order valence-corrected chi connectivity index (χ2v) is 4.53. The van der Waals surface area contributed by atoms with Gasteiger partial charge in [-0.05, 0) is 31.7 Å². The molecule has 2 aromatic rings. The van der Waals surface area contributed by atoms with Gasteiger partial charge in [0.15, 0.2) is 5.76 Å². The quantitative estimate of drug-likeness (QED) is 0.861. The minimum Gasteiger partial charge on any atom is -0.439 e. The molecule has 0 saturated carbocycles. The van der Waals surface area contributed by atoms with E-state index >= 15 is 0 Å². The lowest BCUT2D eigenvalue weighted by atomic mass is 10.1. The van der Waals surface area contributed by atoms with Crippen molar-refractivity contribution >= 4 is 0 Å². The van der Waals surface area contributed by atoms with E-state index in [1.807, 2.05) is 13.8 Å². The number of rotatable bonds is 4. The number of nitrogens with zero attached hydrogens (tertiary/aromatic N) is 1. The van der Waals surface area contributed by atoms with Crippen molar-refractivity contribution in [1.29, 1.82) is 0 Å². The Morgan fingerprint density at radius 3 is 2.67 bits per heavy atom. The van der Waals surface area contributed by atoms with Crippen LogP contribution in [0.25, 0.3) is 11.3 Å². The summed E-state index contributed by atoms with van der Waals surface area (Å²) < 4.78 is 56.7. The Kier molecular flexibility index (Phi) is 4.32. The van der Waals surface area contributed by atoms with Crippen molar-refractivity contribution in [2.75, 3.05) is 6.54 Å². The molecule has 0 aliphatic carbocycles. The summed E-state index contributed by atoms with van der Waals surface area (Å²) in [5, 5.41) is 3.08. The highest BCUT2D eigenvalue weighted by Gasteiger charge is 2.34. The zero-order valence-corrected chi connectivity index (χ0v) is 11.5. The van der Waals surface area contributed by atoms with E-state index in [9.17, 15) is 17.6 Å². The highest BCUT2D eigenvalue weighted by molar-refractivity contribution is 5.58. The number of oxazole rings is 1. The van der Waals surface area contributed by atoms with Crippen LogP contribution in [0.15, 0.2) is 28.8 Å². The van der Waals surface area contributed by atoms with Crippen LogP contribution >= 0.6 is 0 Å². The highest BCUT2D eigenvalue weighted by atomic mass is 19.4. The standard InChI is InChI=1S/C14H14F4N2O/c1-3-19-8(2)13-20-7-12(21-13)9-4-5-11(15)10(6-9)14(16,17)18/h4-8,19H,3H2,1-2H3. The van der Waals surface area contributed by atoms with Gasteiger partial charge in [0.05, 0.1) is 17.8 Å². The molecule has 0 radical (unpaired) electrons. The van der Waals surface area contributed by atoms with Gasteiger partial charge in [-0.15, -0.1) is 0 Å². The fourth-order valence-electron chi connectivity index (χ4n) is 1.91. The molecular formula is C14H14F4N2O. The SMILES string of the molecule is CCNC(C)c1ncc(-c2ccc(F)c(C(F)(F)F)c2)o1. The van der Waals surface area contributed by atoms with Gasteiger partial charge in [0.2, 0.25) is 5.89 Å². The predicted octanol–water partition coefficient (Wildman–Crippen LogP) is 4.17. The van der Waals surface area contributed by atoms with Crippen LogP contribution < -0.4 is 5.32 Å². The van der Waals surface area contributed by atoms with Crippen molar-refractivity contribution in [2.45, 2.75) is 26.1 Å². The molecule has 0 amide bonds. The van der Waals surface area contributed by atoms with Gasteiger partial charge in [0, 0.05) is 5.56 Å². The molecule has 0 fully saturated rings. The normalized spacial score (nSPS) is 13.4. The summed E-state index contributed by atoms with van der Waals surface area (Å²) in [6, 6.07) is 2.56. The lowest BCUT2D eigenvalue weighted by Gasteiger charge is -2.09. The number of halogens is 4. The van der Waals surface area contributed by atoms with E-state index in [0.29, 0.717) is 12.4 Å². The van der Waals surface area contributed by atoms with E-state index in [4.69, 9.17) is 4.42 Å². The summed E-state index contributed by atoms with van der Waals surface area (Å²) in [5.74, 6) is -0.781. The first-order valence-corrected chi connectivity index (χ1v) is 6.39. The van der Waals surface area contributed by atoms with Crippen LogP contribution in [0.4, 0.5) is 17.6 Å². The molecule has 1 aromatic carbocycles. The Labute approximate surface area is 119 Å². The largest absolute Gasteiger partial charge is 0.439 e. The van der Waals surface area contributed by atoms with E-state index in [-0.39, 0.29) is 17.4 Å². The first kappa shape index (κ1) is 15.5. The van der Waals surface area contributed by atoms with E-state index in [1.165, 1.54) is 12.3 Å². The Balaban J connectivity index is 2.35. The molecule has 21 heavy (non-hydrogen) atoms. The molecule has 1 aromatic heterocycles. The summed E-state index contributed by atoms with van der Waals surface area (Å²) in [6.45, 7) is 4.44. The molecule has 1 heterocycles. The smallest absolute Gasteiger partial charge is 0.419 e. The summed E-state index contributed by atoms with van der Waals surface area (Å²) in [4.78, 5) is 4.02. The van der Waals surface area contributed by atoms with Crippen LogP contribution in [0.5, 0.6) is 0 Å². The second kappa shape index (κ2) is 5.85. The maximum atomic E-state index is 13.2. The molecule has 114 valence electrons. The van der Waals surface area contributed by atoms with Crippen molar-refractivity contribution in [3.8, 4) is 11.3 Å². The highest BCUT2D eigenvalue weighted by Crippen LogP contribution is 2.34. The Bertz CT molecular complexity index is 622. The molecule has 1 N–H and O–H groups in total. The fraction of sp³-hybridized carbons (Fsp3) is 0.357. The van der Waals surface area contributed by atoms with Crippen LogP contribution in [-0.4, -0.2) is 11.5 Å². The third-order valence-corrected chi connectivity index (χ3v) is 2.96. The molecule has 0 spiro atoms. The molecule has 0 aliphatic rings. The van der Waals surface area contributed by atoms with Crippen LogP contribution in [0.1, 0.15) is 31.3 Å². The average molecular weight is 302 g/mol. The first-order chi connectivity index (χ1) is 9.82. The maximum Gasteiger partial charge on any atom is 0.419 e. The third kappa shape index (κ3) is 3.41. The summed E-state index contributed by atoms with van der Waals surface area (Å²) in [7, 11) is 0. The summed E-state index contributed by atoms with van der Waals surface area (Å²) in [6.07, 6.45) is -3.42. The first-order valence-electron chi connectivity index (χ1n) is 6.39. The Morgan fingerprint density at radius 2 is 2.05 bits per heavy atom. The zero-order chi connectivity index (χ0) is 15.6. The van der Waals surface area contributed by atoms with Crippen LogP contribution in [-0.2, 0) is 6.18 Å². The van der Waals surface area contributed by atoms with Crippen molar-refractivity contribution in [2.24, 2.45) is 0 Å². The van der Waals surface area contributed by atoms with Crippen LogP contribution in [0.2, 0.25) is 0 Å². The number of alkyl halides is 3. The number of nitrogens with one attached hydrogen (secondary N) is 1. The Morgan fingerprint density at radius 1 is 1.33 bits per heavy atom. The van der Waals surface area contributed by atoms with Gasteiger partial charge < -0.3 is 9.73 Å². The van der Waals surface area contributed by atoms with Crippen molar-refractivity contribution in [3.63, 3.8) is 0 Å². The van der Waals surface area contributed by atoms with Gasteiger partial charge in [0.1, 0.15) is 5.82 Å². The average Bonchev–Trinajstić information content (AvgIpc) is 2.88. The summed E-state index contributed by atoms with van der Waals surface area (Å²) in [5.41, 5.74) is -1.19. The van der Waals surface area contributed by atoms with Gasteiger partial charge in [-0.1, -0.05) is 6.92 Å². The third-order valence-electron chi connectivity index (χ3n) is 2.96. The van der Waals surface area contributed by atoms with Crippen molar-refractivity contribution in [1.82, 2.24) is 10.3 Å². The minimum absolute atomic E-state index is 0.131. The number of aromatic nitrogens is 1. The molecule has 0 aliphatic heterocycles. The molecular weight excluding hydrogens is 288 g/mol. The second-order valence-electron chi connectivity index (χ2n) is 4.53. The molecule has 3 nitrogen and oxygen atoms in total. The zero-order valence-electron chi connectivity index (χ0n) is 11.5. The van der Waals surface area contributed by atoms with Gasteiger partial charge in [0.25, 0.3) is 0 Å². The lowest BCUT2D eigenvalue weighted by molar-refractivity contribution is -0.139. The Hall–Kier alpha value is -1.89. The van der Waals surface area contributed by atoms with Crippen LogP contribution in [0.3, 0.4) is 0 Å². The molecule has 0 bridgehead atoms. The van der Waals surface area contributed by atoms with Crippen molar-refractivity contribution in [3.05, 3.63) is 41.7 Å². The number of hydrogen-bond acceptors (Lipinski definition) is 3. The van der Waals surface area contributed by atoms with Gasteiger partial charge in [-0.2, -0.15) is 13.2 Å². The lowest BCUT2D eigenvalue weighted by Crippen LogP contribution is -2.17. The van der Waals surface area contributed by atoms with E-state index in [1.54, 1.807) is 0 Å². The molecule has 2 rings (SSSR count). The minimum atomic E-state index is -4.75. The van der Waals surface area contributed by atoms with Gasteiger partial charge >= 0.3 is 6.18 Å². The number of hydrogen-bond donors (Lipinski definition) is 1. The van der Waals surface area contributed by atoms with Crippen molar-refractivity contribution < 1.29 is 22.0 Å². The summed E-state index contributed by atoms with van der Waals surface area (Å²) >= 11 is 0. The van der Waals surface area contributed by atoms with E-state index in [2.05, 4.69) is 10.3 Å². The monoisotopic (exact) mass is 302 g/mol. The van der Waals surface area contributed by atoms with E-state index in [0.717, 1.165) is 12.1 Å². The molecule has 1 atom stereocenters. The maximum absolute atomic E-state index is 13.2. The van der Waals surface area contributed by atoms with E-state index < -0.39 is 17.6 Å². The fourth-order valence-corrected chi connectivity index (χ4v) is 1.91. The molecule has 7 heteroatoms. The molecule has 0 saturated heterocycles.